The monoisotopic (exact) mass is 270 g/mol. The lowest BCUT2D eigenvalue weighted by Crippen LogP contribution is -2.62. The molecule has 0 aromatic heterocycles. The van der Waals surface area contributed by atoms with Crippen LogP contribution in [0.1, 0.15) is 52.4 Å². The highest BCUT2D eigenvalue weighted by molar-refractivity contribution is 8.00. The van der Waals surface area contributed by atoms with Gasteiger partial charge in [-0.1, -0.05) is 33.1 Å². The third-order valence-corrected chi connectivity index (χ3v) is 6.61. The summed E-state index contributed by atoms with van der Waals surface area (Å²) in [6.07, 6.45) is 8.14. The molecule has 2 rings (SSSR count). The van der Waals surface area contributed by atoms with Crippen LogP contribution >= 0.6 is 11.8 Å². The largest absolute Gasteiger partial charge is 0.329 e. The topological polar surface area (TPSA) is 29.3 Å². The minimum absolute atomic E-state index is 0.335. The first-order chi connectivity index (χ1) is 8.76. The molecule has 3 atom stereocenters. The molecule has 1 saturated carbocycles. The van der Waals surface area contributed by atoms with Crippen molar-refractivity contribution in [1.29, 1.82) is 0 Å². The molecule has 0 amide bonds. The van der Waals surface area contributed by atoms with Crippen LogP contribution in [0.5, 0.6) is 0 Å². The summed E-state index contributed by atoms with van der Waals surface area (Å²) in [5, 5.41) is 0.835. The fourth-order valence-corrected chi connectivity index (χ4v) is 5.24. The molecule has 2 N–H and O–H groups in total. The van der Waals surface area contributed by atoms with Crippen LogP contribution in [0.4, 0.5) is 0 Å². The van der Waals surface area contributed by atoms with Crippen LogP contribution in [-0.2, 0) is 0 Å². The Morgan fingerprint density at radius 2 is 2.11 bits per heavy atom. The van der Waals surface area contributed by atoms with Crippen molar-refractivity contribution in [3.05, 3.63) is 0 Å². The molecule has 1 saturated heterocycles. The van der Waals surface area contributed by atoms with Crippen LogP contribution < -0.4 is 5.73 Å². The van der Waals surface area contributed by atoms with Crippen molar-refractivity contribution in [2.45, 2.75) is 63.2 Å². The van der Waals surface area contributed by atoms with E-state index in [4.69, 9.17) is 5.73 Å². The zero-order valence-corrected chi connectivity index (χ0v) is 13.0. The van der Waals surface area contributed by atoms with Crippen LogP contribution in [0.2, 0.25) is 0 Å². The van der Waals surface area contributed by atoms with Crippen molar-refractivity contribution in [2.75, 3.05) is 25.4 Å². The van der Waals surface area contributed by atoms with Gasteiger partial charge >= 0.3 is 0 Å². The molecule has 106 valence electrons. The third-order valence-electron chi connectivity index (χ3n) is 5.24. The smallest absolute Gasteiger partial charge is 0.0360 e. The molecule has 0 bridgehead atoms. The number of rotatable bonds is 4. The molecule has 0 aromatic rings. The average molecular weight is 270 g/mol. The normalized spacial score (nSPS) is 38.8. The van der Waals surface area contributed by atoms with Gasteiger partial charge in [-0.3, -0.25) is 4.90 Å². The molecule has 3 unspecified atom stereocenters. The van der Waals surface area contributed by atoms with Crippen LogP contribution in [0.3, 0.4) is 0 Å². The van der Waals surface area contributed by atoms with Crippen molar-refractivity contribution in [1.82, 2.24) is 4.90 Å². The van der Waals surface area contributed by atoms with E-state index in [1.807, 2.05) is 0 Å². The molecule has 2 aliphatic rings. The van der Waals surface area contributed by atoms with Gasteiger partial charge in [-0.25, -0.2) is 0 Å². The van der Waals surface area contributed by atoms with Gasteiger partial charge in [0.2, 0.25) is 0 Å². The summed E-state index contributed by atoms with van der Waals surface area (Å²) in [4.78, 5) is 2.78. The van der Waals surface area contributed by atoms with E-state index in [0.717, 1.165) is 17.7 Å². The third kappa shape index (κ3) is 2.73. The van der Waals surface area contributed by atoms with E-state index < -0.39 is 0 Å². The summed E-state index contributed by atoms with van der Waals surface area (Å²) >= 11 is 2.17. The minimum Gasteiger partial charge on any atom is -0.329 e. The van der Waals surface area contributed by atoms with Gasteiger partial charge < -0.3 is 5.73 Å². The van der Waals surface area contributed by atoms with E-state index in [2.05, 4.69) is 30.5 Å². The number of nitrogens with two attached hydrogens (primary N) is 1. The average Bonchev–Trinajstić information content (AvgIpc) is 2.47. The molecular weight excluding hydrogens is 240 g/mol. The molecule has 1 aliphatic carbocycles. The number of nitrogens with zero attached hydrogens (tertiary/aromatic N) is 1. The lowest BCUT2D eigenvalue weighted by molar-refractivity contribution is 0.00614. The van der Waals surface area contributed by atoms with Crippen LogP contribution in [0.15, 0.2) is 0 Å². The Kier molecular flexibility index (Phi) is 5.40. The first kappa shape index (κ1) is 14.7. The first-order valence-corrected chi connectivity index (χ1v) is 8.88. The number of hydrogen-bond acceptors (Lipinski definition) is 3. The second-order valence-electron chi connectivity index (χ2n) is 6.01. The molecule has 0 aromatic carbocycles. The van der Waals surface area contributed by atoms with Gasteiger partial charge in [-0.2, -0.15) is 11.8 Å². The molecule has 0 spiro atoms. The predicted octanol–water partition coefficient (Wildman–Crippen LogP) is 3.11. The summed E-state index contributed by atoms with van der Waals surface area (Å²) in [5.74, 6) is 2.13. The molecule has 0 radical (unpaired) electrons. The Hall–Kier alpha value is 0.270. The second-order valence-corrected chi connectivity index (χ2v) is 7.41. The van der Waals surface area contributed by atoms with Crippen molar-refractivity contribution in [3.63, 3.8) is 0 Å². The lowest BCUT2D eigenvalue weighted by atomic mass is 9.70. The zero-order chi connectivity index (χ0) is 13.0. The molecule has 3 heteroatoms. The second kappa shape index (κ2) is 6.62. The fourth-order valence-electron chi connectivity index (χ4n) is 4.06. The quantitative estimate of drug-likeness (QED) is 0.851. The Morgan fingerprint density at radius 1 is 1.28 bits per heavy atom. The first-order valence-electron chi connectivity index (χ1n) is 7.83. The number of thioether (sulfide) groups is 1. The maximum absolute atomic E-state index is 6.27. The lowest BCUT2D eigenvalue weighted by Gasteiger charge is -2.53. The van der Waals surface area contributed by atoms with Crippen molar-refractivity contribution in [3.8, 4) is 0 Å². The van der Waals surface area contributed by atoms with E-state index in [0.29, 0.717) is 5.54 Å². The molecule has 1 aliphatic heterocycles. The van der Waals surface area contributed by atoms with E-state index in [9.17, 15) is 0 Å². The molecule has 18 heavy (non-hydrogen) atoms. The van der Waals surface area contributed by atoms with Gasteiger partial charge in [0.05, 0.1) is 0 Å². The summed E-state index contributed by atoms with van der Waals surface area (Å²) in [5.41, 5.74) is 6.61. The summed E-state index contributed by atoms with van der Waals surface area (Å²) in [7, 11) is 0. The Bertz CT molecular complexity index is 259. The maximum atomic E-state index is 6.27. The minimum atomic E-state index is 0.335. The standard InChI is InChI=1S/C15H30N2S/c1-3-13-7-5-6-8-15(13,12-16)17-9-10-18-14(4-2)11-17/h13-14H,3-12,16H2,1-2H3. The van der Waals surface area contributed by atoms with Gasteiger partial charge in [0.1, 0.15) is 0 Å². The highest BCUT2D eigenvalue weighted by atomic mass is 32.2. The molecule has 2 nitrogen and oxygen atoms in total. The van der Waals surface area contributed by atoms with Crippen LogP contribution in [0, 0.1) is 5.92 Å². The number of hydrogen-bond donors (Lipinski definition) is 1. The Morgan fingerprint density at radius 3 is 2.78 bits per heavy atom. The molecular formula is C15H30N2S. The van der Waals surface area contributed by atoms with Gasteiger partial charge in [-0.15, -0.1) is 0 Å². The van der Waals surface area contributed by atoms with Crippen LogP contribution in [0.25, 0.3) is 0 Å². The Balaban J connectivity index is 2.13. The maximum Gasteiger partial charge on any atom is 0.0360 e. The van der Waals surface area contributed by atoms with Crippen molar-refractivity contribution >= 4 is 11.8 Å². The van der Waals surface area contributed by atoms with Gasteiger partial charge in [0.15, 0.2) is 0 Å². The van der Waals surface area contributed by atoms with Gasteiger partial charge in [0, 0.05) is 36.2 Å². The Labute approximate surface area is 117 Å². The van der Waals surface area contributed by atoms with Crippen molar-refractivity contribution in [2.24, 2.45) is 11.7 Å². The zero-order valence-electron chi connectivity index (χ0n) is 12.2. The summed E-state index contributed by atoms with van der Waals surface area (Å²) < 4.78 is 0. The van der Waals surface area contributed by atoms with Crippen molar-refractivity contribution < 1.29 is 0 Å². The summed E-state index contributed by atoms with van der Waals surface area (Å²) in [6, 6.07) is 0. The highest BCUT2D eigenvalue weighted by Gasteiger charge is 2.44. The van der Waals surface area contributed by atoms with E-state index in [1.165, 1.54) is 57.4 Å². The van der Waals surface area contributed by atoms with Gasteiger partial charge in [-0.05, 0) is 25.2 Å². The predicted molar refractivity (Wildman–Crippen MR) is 82.1 cm³/mol. The SMILES string of the molecule is CCC1CN(C2(CN)CCCCC2CC)CCS1. The fraction of sp³-hybridized carbons (Fsp3) is 1.00. The van der Waals surface area contributed by atoms with E-state index >= 15 is 0 Å². The van der Waals surface area contributed by atoms with Gasteiger partial charge in [0.25, 0.3) is 0 Å². The summed E-state index contributed by atoms with van der Waals surface area (Å²) in [6.45, 7) is 8.08. The van der Waals surface area contributed by atoms with Crippen LogP contribution in [-0.4, -0.2) is 41.1 Å². The molecule has 1 heterocycles. The van der Waals surface area contributed by atoms with E-state index in [1.54, 1.807) is 0 Å². The molecule has 2 fully saturated rings. The highest BCUT2D eigenvalue weighted by Crippen LogP contribution is 2.41. The van der Waals surface area contributed by atoms with E-state index in [-0.39, 0.29) is 0 Å².